The minimum absolute atomic E-state index is 0.723. The average molecular weight is 533 g/mol. The molecule has 8 nitrogen and oxygen atoms in total. The number of rotatable bonds is 2. The zero-order chi connectivity index (χ0) is 27.5. The number of likely N-dealkylation sites (N-methyl/N-ethyl adjacent to an activating group) is 1. The highest BCUT2D eigenvalue weighted by molar-refractivity contribution is 5.83. The molecule has 5 rings (SSSR count). The number of aliphatic carboxylic acids is 2. The van der Waals surface area contributed by atoms with Gasteiger partial charge in [0.15, 0.2) is 0 Å². The summed E-state index contributed by atoms with van der Waals surface area (Å²) in [5.74, 6) is -4.69. The number of aromatic nitrogens is 1. The summed E-state index contributed by atoms with van der Waals surface area (Å²) in [6.07, 6.45) is -4.49. The second-order valence-electron chi connectivity index (χ2n) is 8.38. The first-order valence-corrected chi connectivity index (χ1v) is 10.6. The number of pyridine rings is 1. The molecule has 1 aromatic carbocycles. The second-order valence-corrected chi connectivity index (χ2v) is 8.38. The summed E-state index contributed by atoms with van der Waals surface area (Å²) in [6.45, 7) is 3.50. The quantitative estimate of drug-likeness (QED) is 0.464. The SMILES string of the molecule is CN1C[C@H]2CN(c3cncc(-c4ccc5occc5c4)c3)C[C@H]21.O=C(O)C(F)(F)F.O=C(O)C(F)(F)F. The first-order chi connectivity index (χ1) is 17.2. The zero-order valence-corrected chi connectivity index (χ0v) is 19.1. The number of hydrogen-bond donors (Lipinski definition) is 2. The van der Waals surface area contributed by atoms with Crippen molar-refractivity contribution in [2.24, 2.45) is 5.92 Å². The van der Waals surface area contributed by atoms with E-state index in [0.29, 0.717) is 0 Å². The number of carbonyl (C=O) groups is 2. The molecule has 0 amide bonds. The molecular formula is C23H21F6N3O5. The maximum atomic E-state index is 10.6. The molecule has 2 aliphatic rings. The van der Waals surface area contributed by atoms with Crippen LogP contribution in [0.4, 0.5) is 32.0 Å². The lowest BCUT2D eigenvalue weighted by Crippen LogP contribution is -2.52. The molecule has 2 N–H and O–H groups in total. The van der Waals surface area contributed by atoms with Gasteiger partial charge in [-0.2, -0.15) is 26.3 Å². The Kier molecular flexibility index (Phi) is 8.00. The Morgan fingerprint density at radius 3 is 2.08 bits per heavy atom. The number of likely N-dealkylation sites (tertiary alicyclic amines) is 1. The summed E-state index contributed by atoms with van der Waals surface area (Å²) < 4.78 is 68.9. The van der Waals surface area contributed by atoms with E-state index >= 15 is 0 Å². The topological polar surface area (TPSA) is 107 Å². The fourth-order valence-corrected chi connectivity index (χ4v) is 4.02. The largest absolute Gasteiger partial charge is 0.490 e. The molecule has 0 radical (unpaired) electrons. The van der Waals surface area contributed by atoms with Crippen LogP contribution in [0.25, 0.3) is 22.1 Å². The van der Waals surface area contributed by atoms with Crippen molar-refractivity contribution in [3.8, 4) is 11.1 Å². The molecule has 0 aliphatic carbocycles. The number of anilines is 1. The Balaban J connectivity index is 0.000000227. The van der Waals surface area contributed by atoms with E-state index in [4.69, 9.17) is 24.2 Å². The summed E-state index contributed by atoms with van der Waals surface area (Å²) in [6, 6.07) is 11.3. The van der Waals surface area contributed by atoms with Gasteiger partial charge in [-0.1, -0.05) is 6.07 Å². The molecule has 2 fully saturated rings. The molecule has 0 unspecified atom stereocenters. The van der Waals surface area contributed by atoms with Crippen molar-refractivity contribution in [3.05, 3.63) is 49.0 Å². The molecule has 0 spiro atoms. The van der Waals surface area contributed by atoms with E-state index in [0.717, 1.165) is 36.0 Å². The molecule has 0 saturated carbocycles. The fourth-order valence-electron chi connectivity index (χ4n) is 4.02. The van der Waals surface area contributed by atoms with Crippen molar-refractivity contribution in [2.45, 2.75) is 18.4 Å². The van der Waals surface area contributed by atoms with Gasteiger partial charge >= 0.3 is 24.3 Å². The summed E-state index contributed by atoms with van der Waals surface area (Å²) in [5.41, 5.74) is 4.51. The number of halogens is 6. The smallest absolute Gasteiger partial charge is 0.475 e. The maximum Gasteiger partial charge on any atom is 0.490 e. The second kappa shape index (κ2) is 10.7. The monoisotopic (exact) mass is 533 g/mol. The van der Waals surface area contributed by atoms with Gasteiger partial charge in [-0.25, -0.2) is 9.59 Å². The van der Waals surface area contributed by atoms with Crippen molar-refractivity contribution >= 4 is 28.6 Å². The molecule has 200 valence electrons. The van der Waals surface area contributed by atoms with Crippen molar-refractivity contribution in [1.29, 1.82) is 0 Å². The number of furan rings is 1. The van der Waals surface area contributed by atoms with Crippen molar-refractivity contribution in [1.82, 2.24) is 9.88 Å². The van der Waals surface area contributed by atoms with E-state index in [2.05, 4.69) is 40.0 Å². The van der Waals surface area contributed by atoms with Gasteiger partial charge in [0.1, 0.15) is 5.58 Å². The molecule has 4 heterocycles. The molecule has 2 atom stereocenters. The maximum absolute atomic E-state index is 10.6. The van der Waals surface area contributed by atoms with E-state index in [1.807, 2.05) is 24.5 Å². The molecule has 2 aliphatic heterocycles. The van der Waals surface area contributed by atoms with Gasteiger partial charge in [0, 0.05) is 48.7 Å². The molecule has 14 heteroatoms. The van der Waals surface area contributed by atoms with Gasteiger partial charge in [-0.05, 0) is 36.9 Å². The molecule has 37 heavy (non-hydrogen) atoms. The highest BCUT2D eigenvalue weighted by Crippen LogP contribution is 2.35. The zero-order valence-electron chi connectivity index (χ0n) is 19.1. The van der Waals surface area contributed by atoms with Crippen LogP contribution in [0.15, 0.2) is 53.4 Å². The number of nitrogens with zero attached hydrogens (tertiary/aromatic N) is 3. The van der Waals surface area contributed by atoms with Crippen LogP contribution in [-0.2, 0) is 9.59 Å². The van der Waals surface area contributed by atoms with Crippen LogP contribution in [0.2, 0.25) is 0 Å². The average Bonchev–Trinajstić information content (AvgIpc) is 3.42. The van der Waals surface area contributed by atoms with Gasteiger partial charge < -0.3 is 24.4 Å². The highest BCUT2D eigenvalue weighted by atomic mass is 19.4. The third-order valence-corrected chi connectivity index (χ3v) is 5.85. The number of carboxylic acids is 2. The number of benzene rings is 1. The highest BCUT2D eigenvalue weighted by Gasteiger charge is 2.43. The van der Waals surface area contributed by atoms with Crippen LogP contribution < -0.4 is 4.90 Å². The Morgan fingerprint density at radius 1 is 0.919 bits per heavy atom. The number of fused-ring (bicyclic) bond motifs is 2. The molecular weight excluding hydrogens is 512 g/mol. The number of alkyl halides is 6. The fraction of sp³-hybridized carbons (Fsp3) is 0.348. The predicted octanol–water partition coefficient (Wildman–Crippen LogP) is 4.51. The third-order valence-electron chi connectivity index (χ3n) is 5.85. The number of hydrogen-bond acceptors (Lipinski definition) is 6. The van der Waals surface area contributed by atoms with E-state index in [1.54, 1.807) is 6.26 Å². The Labute approximate surface area is 205 Å². The molecule has 0 bridgehead atoms. The lowest BCUT2D eigenvalue weighted by Gasteiger charge is -2.40. The van der Waals surface area contributed by atoms with E-state index in [1.165, 1.54) is 23.4 Å². The van der Waals surface area contributed by atoms with Gasteiger partial charge in [0.05, 0.1) is 18.1 Å². The van der Waals surface area contributed by atoms with Crippen LogP contribution in [0.1, 0.15) is 0 Å². The third kappa shape index (κ3) is 6.90. The normalized spacial score (nSPS) is 19.2. The van der Waals surface area contributed by atoms with Crippen molar-refractivity contribution in [2.75, 3.05) is 31.6 Å². The van der Waals surface area contributed by atoms with Crippen molar-refractivity contribution < 1.29 is 50.6 Å². The summed E-state index contributed by atoms with van der Waals surface area (Å²) >= 11 is 0. The predicted molar refractivity (Wildman–Crippen MR) is 119 cm³/mol. The first-order valence-electron chi connectivity index (χ1n) is 10.6. The van der Waals surface area contributed by atoms with Gasteiger partial charge in [-0.15, -0.1) is 0 Å². The van der Waals surface area contributed by atoms with Crippen LogP contribution in [0.3, 0.4) is 0 Å². The molecule has 2 saturated heterocycles. The lowest BCUT2D eigenvalue weighted by molar-refractivity contribution is -0.193. The van der Waals surface area contributed by atoms with E-state index in [-0.39, 0.29) is 0 Å². The van der Waals surface area contributed by atoms with Crippen LogP contribution >= 0.6 is 0 Å². The Hall–Kier alpha value is -3.81. The standard InChI is InChI=1S/C19H19N3O.2C2HF3O2/c1-21-10-16-11-22(12-18(16)21)17-7-15(8-20-9-17)13-2-3-19-14(6-13)4-5-23-19;2*3-2(4,5)1(6)7/h2-9,16,18H,10-12H2,1H3;2*(H,6,7)/t16-,18+;;/m0../s1. The molecule has 2 aromatic heterocycles. The van der Waals surface area contributed by atoms with Gasteiger partial charge in [0.2, 0.25) is 0 Å². The first kappa shape index (κ1) is 27.8. The minimum atomic E-state index is -5.08. The Bertz CT molecular complexity index is 1240. The van der Waals surface area contributed by atoms with E-state index in [9.17, 15) is 26.3 Å². The van der Waals surface area contributed by atoms with Gasteiger partial charge in [0.25, 0.3) is 0 Å². The van der Waals surface area contributed by atoms with Crippen molar-refractivity contribution in [3.63, 3.8) is 0 Å². The van der Waals surface area contributed by atoms with Crippen LogP contribution in [-0.4, -0.2) is 77.1 Å². The summed E-state index contributed by atoms with van der Waals surface area (Å²) in [7, 11) is 2.22. The van der Waals surface area contributed by atoms with E-state index < -0.39 is 24.3 Å². The van der Waals surface area contributed by atoms with Crippen LogP contribution in [0, 0.1) is 5.92 Å². The Morgan fingerprint density at radius 2 is 1.54 bits per heavy atom. The summed E-state index contributed by atoms with van der Waals surface area (Å²) in [5, 5.41) is 15.4. The minimum Gasteiger partial charge on any atom is -0.475 e. The lowest BCUT2D eigenvalue weighted by atomic mass is 9.93. The number of carboxylic acid groups (broad SMARTS) is 2. The van der Waals surface area contributed by atoms with Gasteiger partial charge in [-0.3, -0.25) is 4.98 Å². The van der Waals surface area contributed by atoms with Crippen LogP contribution in [0.5, 0.6) is 0 Å². The molecule has 3 aromatic rings. The summed E-state index contributed by atoms with van der Waals surface area (Å²) in [4.78, 5) is 27.2.